The summed E-state index contributed by atoms with van der Waals surface area (Å²) in [5.41, 5.74) is 0.376. The van der Waals surface area contributed by atoms with Gasteiger partial charge in [-0.15, -0.1) is 0 Å². The second-order valence-corrected chi connectivity index (χ2v) is 7.77. The maximum absolute atomic E-state index is 12.1. The number of rotatable bonds is 3. The Labute approximate surface area is 164 Å². The van der Waals surface area contributed by atoms with Gasteiger partial charge in [0.1, 0.15) is 0 Å². The Morgan fingerprint density at radius 3 is 2.36 bits per heavy atom. The molecule has 2 amide bonds. The van der Waals surface area contributed by atoms with Gasteiger partial charge < -0.3 is 6.74 Å². The molecule has 1 aliphatic rings. The van der Waals surface area contributed by atoms with Crippen LogP contribution in [-0.4, -0.2) is 19.7 Å². The van der Waals surface area contributed by atoms with Crippen molar-refractivity contribution in [3.8, 4) is 0 Å². The van der Waals surface area contributed by atoms with Gasteiger partial charge in [-0.2, -0.15) is 0 Å². The Morgan fingerprint density at radius 2 is 1.77 bits per heavy atom. The summed E-state index contributed by atoms with van der Waals surface area (Å²) in [7, 11) is -3.64. The van der Waals surface area contributed by atoms with Crippen LogP contribution < -0.4 is 39.6 Å². The van der Waals surface area contributed by atoms with Crippen LogP contribution in [0.15, 0.2) is 18.2 Å². The van der Waals surface area contributed by atoms with Gasteiger partial charge in [0.25, 0.3) is 0 Å². The first-order valence-electron chi connectivity index (χ1n) is 6.66. The first-order valence-corrected chi connectivity index (χ1v) is 8.96. The van der Waals surface area contributed by atoms with Gasteiger partial charge in [0.05, 0.1) is 15.3 Å². The predicted octanol–water partition coefficient (Wildman–Crippen LogP) is 0.894. The van der Waals surface area contributed by atoms with E-state index in [0.29, 0.717) is 23.6 Å². The fraction of sp³-hybridized carbons (Fsp3) is 0.462. The van der Waals surface area contributed by atoms with Crippen molar-refractivity contribution in [2.75, 3.05) is 5.32 Å². The molecule has 0 spiro atoms. The summed E-state index contributed by atoms with van der Waals surface area (Å²) < 4.78 is 26.2. The Kier molecular flexibility index (Phi) is 7.99. The van der Waals surface area contributed by atoms with Crippen molar-refractivity contribution in [3.05, 3.63) is 28.2 Å². The number of benzene rings is 1. The first-order chi connectivity index (χ1) is 9.88. The van der Waals surface area contributed by atoms with Gasteiger partial charge in [0.2, 0.25) is 10.0 Å². The molecule has 5 nitrogen and oxygen atoms in total. The van der Waals surface area contributed by atoms with Crippen LogP contribution in [0.4, 0.5) is 10.5 Å². The van der Waals surface area contributed by atoms with E-state index in [9.17, 15) is 13.2 Å². The molecule has 9 heteroatoms. The molecule has 0 aliphatic heterocycles. The first kappa shape index (κ1) is 20.1. The summed E-state index contributed by atoms with van der Waals surface area (Å²) in [5, 5.41) is 2.58. The van der Waals surface area contributed by atoms with Crippen molar-refractivity contribution >= 4 is 44.9 Å². The van der Waals surface area contributed by atoms with Gasteiger partial charge >= 0.3 is 35.6 Å². The number of carbonyl (C=O) groups is 1. The van der Waals surface area contributed by atoms with Crippen molar-refractivity contribution in [1.82, 2.24) is 4.72 Å². The van der Waals surface area contributed by atoms with Crippen molar-refractivity contribution in [2.24, 2.45) is 0 Å². The molecule has 2 N–H and O–H groups in total. The maximum Gasteiger partial charge on any atom is 1.00 e. The van der Waals surface area contributed by atoms with Crippen LogP contribution >= 0.6 is 23.2 Å². The molecular formula is C13H17Cl2N2NaO3S. The normalized spacial score (nSPS) is 15.7. The van der Waals surface area contributed by atoms with Gasteiger partial charge in [-0.05, 0) is 31.0 Å². The Bertz CT molecular complexity index is 640. The van der Waals surface area contributed by atoms with Gasteiger partial charge in [0.15, 0.2) is 0 Å². The molecule has 1 saturated carbocycles. The third-order valence-corrected chi connectivity index (χ3v) is 5.96. The number of nitrogens with one attached hydrogen (secondary N) is 2. The van der Waals surface area contributed by atoms with Crippen LogP contribution in [0.2, 0.25) is 10.0 Å². The van der Waals surface area contributed by atoms with E-state index in [0.717, 1.165) is 19.3 Å². The number of amides is 2. The van der Waals surface area contributed by atoms with Crippen LogP contribution in [0.5, 0.6) is 0 Å². The van der Waals surface area contributed by atoms with Gasteiger partial charge in [0, 0.05) is 5.69 Å². The van der Waals surface area contributed by atoms with E-state index >= 15 is 0 Å². The zero-order valence-electron chi connectivity index (χ0n) is 13.2. The number of halogens is 2. The molecule has 118 valence electrons. The molecule has 0 bridgehead atoms. The van der Waals surface area contributed by atoms with Crippen molar-refractivity contribution < 1.29 is 44.2 Å². The average molecular weight is 375 g/mol. The molecular weight excluding hydrogens is 358 g/mol. The Balaban J connectivity index is 0.00000242. The number of carbonyl (C=O) groups excluding carboxylic acids is 1. The molecule has 22 heavy (non-hydrogen) atoms. The van der Waals surface area contributed by atoms with Crippen molar-refractivity contribution in [1.29, 1.82) is 0 Å². The van der Waals surface area contributed by atoms with Gasteiger partial charge in [-0.3, -0.25) is 0 Å². The summed E-state index contributed by atoms with van der Waals surface area (Å²) in [5.74, 6) is 0. The fourth-order valence-electron chi connectivity index (χ4n) is 2.32. The van der Waals surface area contributed by atoms with E-state index in [1.807, 2.05) is 0 Å². The average Bonchev–Trinajstić information content (AvgIpc) is 2.43. The summed E-state index contributed by atoms with van der Waals surface area (Å²) in [6.07, 6.45) is 3.98. The predicted molar refractivity (Wildman–Crippen MR) is 85.5 cm³/mol. The molecule has 2 rings (SSSR count). The molecule has 1 aromatic carbocycles. The zero-order valence-corrected chi connectivity index (χ0v) is 16.6. The number of urea groups is 1. The van der Waals surface area contributed by atoms with E-state index in [-0.39, 0.29) is 36.0 Å². The molecule has 0 aromatic heterocycles. The van der Waals surface area contributed by atoms with E-state index in [4.69, 9.17) is 23.2 Å². The van der Waals surface area contributed by atoms with E-state index in [1.165, 1.54) is 12.1 Å². The largest absolute Gasteiger partial charge is 1.00 e. The third-order valence-electron chi connectivity index (χ3n) is 3.40. The number of hydrogen-bond donors (Lipinski definition) is 2. The van der Waals surface area contributed by atoms with Crippen LogP contribution in [0, 0.1) is 0 Å². The van der Waals surface area contributed by atoms with Crippen LogP contribution in [0.25, 0.3) is 0 Å². The second kappa shape index (κ2) is 8.76. The molecule has 1 aliphatic carbocycles. The molecule has 1 fully saturated rings. The molecule has 1 aromatic rings. The fourth-order valence-corrected chi connectivity index (χ4v) is 4.05. The molecule has 0 radical (unpaired) electrons. The summed E-state index contributed by atoms with van der Waals surface area (Å²) in [4.78, 5) is 11.8. The molecule has 0 unspecified atom stereocenters. The maximum atomic E-state index is 12.1. The Morgan fingerprint density at radius 1 is 1.14 bits per heavy atom. The molecule has 0 saturated heterocycles. The monoisotopic (exact) mass is 374 g/mol. The van der Waals surface area contributed by atoms with E-state index in [1.54, 1.807) is 6.07 Å². The smallest absolute Gasteiger partial charge is 1.00 e. The van der Waals surface area contributed by atoms with Crippen LogP contribution in [0.1, 0.15) is 33.5 Å². The Hall–Kier alpha value is 0.0200. The minimum absolute atomic E-state index is 0. The van der Waals surface area contributed by atoms with E-state index in [2.05, 4.69) is 10.0 Å². The minimum Gasteiger partial charge on any atom is -1.00 e. The summed E-state index contributed by atoms with van der Waals surface area (Å²) in [6, 6.07) is 3.73. The van der Waals surface area contributed by atoms with Crippen molar-refractivity contribution in [3.63, 3.8) is 0 Å². The number of anilines is 1. The number of sulfonamides is 1. The van der Waals surface area contributed by atoms with E-state index < -0.39 is 21.3 Å². The summed E-state index contributed by atoms with van der Waals surface area (Å²) >= 11 is 11.6. The van der Waals surface area contributed by atoms with Gasteiger partial charge in [-0.25, -0.2) is 17.9 Å². The zero-order chi connectivity index (χ0) is 15.5. The quantitative estimate of drug-likeness (QED) is 0.771. The van der Waals surface area contributed by atoms with Crippen LogP contribution in [-0.2, 0) is 10.0 Å². The van der Waals surface area contributed by atoms with Gasteiger partial charge in [-0.1, -0.05) is 42.5 Å². The topological polar surface area (TPSA) is 75.3 Å². The van der Waals surface area contributed by atoms with Crippen LogP contribution in [0.3, 0.4) is 0 Å². The summed E-state index contributed by atoms with van der Waals surface area (Å²) in [6.45, 7) is 0. The minimum atomic E-state index is -3.64. The third kappa shape index (κ3) is 5.58. The van der Waals surface area contributed by atoms with Crippen molar-refractivity contribution in [2.45, 2.75) is 37.4 Å². The molecule has 0 heterocycles. The standard InChI is InChI=1S/C13H16Cl2N2O3S.Na.H/c14-11-7-6-9(8-12(11)15)16-13(18)17-21(19,20)10-4-2-1-3-5-10;;/h6-8,10H,1-5H2,(H2,16,17,18);;/q;+1;-1. The SMILES string of the molecule is O=C(Nc1ccc(Cl)c(Cl)c1)NS(=O)(=O)C1CCCCC1.[H-].[Na+]. The second-order valence-electron chi connectivity index (χ2n) is 4.99. The molecule has 0 atom stereocenters. The number of hydrogen-bond acceptors (Lipinski definition) is 3.